The molecular formula is C30H37N7O4S. The summed E-state index contributed by atoms with van der Waals surface area (Å²) < 4.78 is 1.82. The minimum Gasteiger partial charge on any atom is -0.360 e. The number of likely N-dealkylation sites (tertiary alicyclic amines) is 1. The molecule has 3 amide bonds. The number of hydrogen-bond donors (Lipinski definition) is 4. The molecule has 222 valence electrons. The lowest BCUT2D eigenvalue weighted by Crippen LogP contribution is -2.34. The minimum absolute atomic E-state index is 0.0488. The van der Waals surface area contributed by atoms with Crippen LogP contribution >= 0.6 is 11.3 Å². The summed E-state index contributed by atoms with van der Waals surface area (Å²) in [7, 11) is 0. The van der Waals surface area contributed by atoms with Crippen molar-refractivity contribution in [3.63, 3.8) is 0 Å². The fourth-order valence-corrected chi connectivity index (χ4v) is 5.32. The number of nitriles is 1. The first-order valence-corrected chi connectivity index (χ1v) is 14.6. The predicted octanol–water partition coefficient (Wildman–Crippen LogP) is 1.01. The average Bonchev–Trinajstić information content (AvgIpc) is 3.58. The van der Waals surface area contributed by atoms with E-state index >= 15 is 0 Å². The molecule has 1 aromatic carbocycles. The van der Waals surface area contributed by atoms with Crippen LogP contribution in [0.15, 0.2) is 23.0 Å². The van der Waals surface area contributed by atoms with Crippen molar-refractivity contribution in [1.29, 1.82) is 5.26 Å². The Kier molecular flexibility index (Phi) is 11.1. The van der Waals surface area contributed by atoms with E-state index in [4.69, 9.17) is 6.42 Å². The van der Waals surface area contributed by atoms with Crippen molar-refractivity contribution >= 4 is 52.2 Å². The standard InChI is InChI=1S/C30H37N7O4S/c1-6-12-32-26(39)22(18-31)28-37(7-2)27(40)24(42-28)19-34-20-10-11-21(23(17-20)35-29(41)30(3,4)5)25(38)33-13-16-36-14-8-9-15-36/h1,10-11,17,19,34H,7-9,12-16H2,2-5H3,(H,32,39)(H,33,38)(H,35,41). The van der Waals surface area contributed by atoms with E-state index in [-0.39, 0.29) is 45.2 Å². The van der Waals surface area contributed by atoms with Crippen LogP contribution in [0, 0.1) is 29.1 Å². The van der Waals surface area contributed by atoms with Gasteiger partial charge in [-0.2, -0.15) is 5.26 Å². The van der Waals surface area contributed by atoms with E-state index in [2.05, 4.69) is 32.1 Å². The van der Waals surface area contributed by atoms with Gasteiger partial charge in [0.25, 0.3) is 17.4 Å². The van der Waals surface area contributed by atoms with E-state index < -0.39 is 11.3 Å². The highest BCUT2D eigenvalue weighted by molar-refractivity contribution is 7.07. The van der Waals surface area contributed by atoms with Gasteiger partial charge in [-0.1, -0.05) is 26.7 Å². The van der Waals surface area contributed by atoms with Crippen molar-refractivity contribution in [2.45, 2.75) is 47.1 Å². The Balaban J connectivity index is 1.93. The topological polar surface area (TPSA) is 148 Å². The molecule has 1 aliphatic rings. The Labute approximate surface area is 249 Å². The van der Waals surface area contributed by atoms with Crippen molar-refractivity contribution in [1.82, 2.24) is 20.1 Å². The number of carbonyl (C=O) groups excluding carboxylic acids is 3. The highest BCUT2D eigenvalue weighted by atomic mass is 32.1. The second-order valence-corrected chi connectivity index (χ2v) is 11.8. The van der Waals surface area contributed by atoms with E-state index in [1.165, 1.54) is 23.6 Å². The number of rotatable bonds is 10. The maximum absolute atomic E-state index is 13.1. The zero-order chi connectivity index (χ0) is 30.9. The molecule has 0 unspecified atom stereocenters. The third-order valence-electron chi connectivity index (χ3n) is 6.60. The molecule has 12 heteroatoms. The molecule has 11 nitrogen and oxygen atoms in total. The fourth-order valence-electron chi connectivity index (χ4n) is 4.23. The summed E-state index contributed by atoms with van der Waals surface area (Å²) in [6.45, 7) is 10.6. The Hall–Kier alpha value is -4.39. The van der Waals surface area contributed by atoms with Crippen LogP contribution in [0.1, 0.15) is 50.9 Å². The van der Waals surface area contributed by atoms with Crippen molar-refractivity contribution in [2.24, 2.45) is 5.41 Å². The first-order chi connectivity index (χ1) is 20.0. The Morgan fingerprint density at radius 2 is 1.88 bits per heavy atom. The Morgan fingerprint density at radius 1 is 1.17 bits per heavy atom. The highest BCUT2D eigenvalue weighted by Crippen LogP contribution is 2.24. The summed E-state index contributed by atoms with van der Waals surface area (Å²) in [5.74, 6) is 1.06. The lowest BCUT2D eigenvalue weighted by molar-refractivity contribution is -0.123. The Bertz CT molecular complexity index is 1600. The molecule has 42 heavy (non-hydrogen) atoms. The lowest BCUT2D eigenvalue weighted by Gasteiger charge is -2.20. The monoisotopic (exact) mass is 591 g/mol. The predicted molar refractivity (Wildman–Crippen MR) is 165 cm³/mol. The third-order valence-corrected chi connectivity index (χ3v) is 7.73. The molecule has 0 atom stereocenters. The van der Waals surface area contributed by atoms with Gasteiger partial charge >= 0.3 is 0 Å². The molecule has 2 heterocycles. The quantitative estimate of drug-likeness (QED) is 0.302. The summed E-state index contributed by atoms with van der Waals surface area (Å²) in [4.78, 5) is 53.7. The Morgan fingerprint density at radius 3 is 2.50 bits per heavy atom. The summed E-state index contributed by atoms with van der Waals surface area (Å²) >= 11 is 0.993. The smallest absolute Gasteiger partial charge is 0.270 e. The SMILES string of the molecule is C#CCNC(=O)C(C#N)=c1sc(=CNc2ccc(C(=O)NCCN3CCCC3)c(NC(=O)C(C)(C)C)c2)c(=O)n1CC. The van der Waals surface area contributed by atoms with Gasteiger partial charge < -0.3 is 26.2 Å². The van der Waals surface area contributed by atoms with Gasteiger partial charge in [-0.3, -0.25) is 23.7 Å². The minimum atomic E-state index is -0.695. The maximum Gasteiger partial charge on any atom is 0.270 e. The van der Waals surface area contributed by atoms with Gasteiger partial charge in [0, 0.05) is 36.9 Å². The number of terminal acetylenes is 1. The van der Waals surface area contributed by atoms with Crippen LogP contribution in [0.3, 0.4) is 0 Å². The van der Waals surface area contributed by atoms with Crippen LogP contribution in [0.5, 0.6) is 0 Å². The number of nitrogens with one attached hydrogen (secondary N) is 4. The van der Waals surface area contributed by atoms with Gasteiger partial charge in [0.05, 0.1) is 17.8 Å². The van der Waals surface area contributed by atoms with Crippen LogP contribution in [0.2, 0.25) is 0 Å². The molecule has 1 fully saturated rings. The number of hydrogen-bond acceptors (Lipinski definition) is 8. The van der Waals surface area contributed by atoms with Crippen molar-refractivity contribution in [3.8, 4) is 18.4 Å². The van der Waals surface area contributed by atoms with E-state index in [0.29, 0.717) is 23.5 Å². The second kappa shape index (κ2) is 14.5. The third kappa shape index (κ3) is 8.09. The molecule has 3 rings (SSSR count). The van der Waals surface area contributed by atoms with Gasteiger partial charge in [0.15, 0.2) is 5.57 Å². The molecule has 1 aromatic heterocycles. The van der Waals surface area contributed by atoms with Gasteiger partial charge in [-0.05, 0) is 51.1 Å². The lowest BCUT2D eigenvalue weighted by atomic mass is 9.95. The summed E-state index contributed by atoms with van der Waals surface area (Å²) in [5, 5.41) is 20.9. The number of anilines is 2. The fraction of sp³-hybridized carbons (Fsp3) is 0.433. The number of nitrogens with zero attached hydrogens (tertiary/aromatic N) is 3. The van der Waals surface area contributed by atoms with Crippen molar-refractivity contribution in [2.75, 3.05) is 43.4 Å². The molecule has 1 saturated heterocycles. The number of carbonyl (C=O) groups is 3. The number of aromatic nitrogens is 1. The average molecular weight is 592 g/mol. The molecule has 0 spiro atoms. The van der Waals surface area contributed by atoms with Crippen LogP contribution in [-0.2, 0) is 16.1 Å². The largest absolute Gasteiger partial charge is 0.360 e. The van der Waals surface area contributed by atoms with Crippen molar-refractivity contribution < 1.29 is 14.4 Å². The van der Waals surface area contributed by atoms with Crippen molar-refractivity contribution in [3.05, 3.63) is 43.3 Å². The van der Waals surface area contributed by atoms with Crippen LogP contribution in [0.25, 0.3) is 11.8 Å². The van der Waals surface area contributed by atoms with E-state index in [1.807, 2.05) is 6.07 Å². The molecule has 0 saturated carbocycles. The normalized spacial score (nSPS) is 14.5. The molecule has 0 radical (unpaired) electrons. The molecule has 4 N–H and O–H groups in total. The summed E-state index contributed by atoms with van der Waals surface area (Å²) in [6.07, 6.45) is 9.00. The van der Waals surface area contributed by atoms with Crippen LogP contribution in [-0.4, -0.2) is 59.9 Å². The highest BCUT2D eigenvalue weighted by Gasteiger charge is 2.24. The van der Waals surface area contributed by atoms with Crippen LogP contribution in [0.4, 0.5) is 11.4 Å². The van der Waals surface area contributed by atoms with E-state index in [0.717, 1.165) is 31.0 Å². The maximum atomic E-state index is 13.1. The van der Waals surface area contributed by atoms with E-state index in [9.17, 15) is 24.4 Å². The molecule has 2 aromatic rings. The zero-order valence-electron chi connectivity index (χ0n) is 24.4. The number of thiazole rings is 1. The van der Waals surface area contributed by atoms with E-state index in [1.54, 1.807) is 45.9 Å². The number of benzene rings is 1. The van der Waals surface area contributed by atoms with Gasteiger partial charge in [0.2, 0.25) is 5.91 Å². The van der Waals surface area contributed by atoms with Gasteiger partial charge in [0.1, 0.15) is 15.3 Å². The summed E-state index contributed by atoms with van der Waals surface area (Å²) in [6, 6.07) is 6.78. The van der Waals surface area contributed by atoms with Crippen LogP contribution < -0.4 is 36.0 Å². The first-order valence-electron chi connectivity index (χ1n) is 13.8. The summed E-state index contributed by atoms with van der Waals surface area (Å²) in [5.41, 5.74) is -0.118. The molecule has 1 aliphatic heterocycles. The second-order valence-electron chi connectivity index (χ2n) is 10.8. The molecule has 0 aliphatic carbocycles. The van der Waals surface area contributed by atoms with Gasteiger partial charge in [-0.15, -0.1) is 17.8 Å². The first kappa shape index (κ1) is 32.1. The van der Waals surface area contributed by atoms with Gasteiger partial charge in [-0.25, -0.2) is 0 Å². The number of amides is 3. The molecule has 0 bridgehead atoms. The zero-order valence-corrected chi connectivity index (χ0v) is 25.2. The molecular weight excluding hydrogens is 554 g/mol.